The fourth-order valence-electron chi connectivity index (χ4n) is 2.39. The van der Waals surface area contributed by atoms with Gasteiger partial charge in [-0.3, -0.25) is 9.59 Å². The van der Waals surface area contributed by atoms with Crippen LogP contribution in [0.4, 0.5) is 0 Å². The highest BCUT2D eigenvalue weighted by Gasteiger charge is 2.32. The Kier molecular flexibility index (Phi) is 5.64. The zero-order chi connectivity index (χ0) is 16.1. The van der Waals surface area contributed by atoms with E-state index in [2.05, 4.69) is 0 Å². The number of carbonyl (C=O) groups excluding carboxylic acids is 3. The maximum absolute atomic E-state index is 11.5. The van der Waals surface area contributed by atoms with Gasteiger partial charge < -0.3 is 15.1 Å². The van der Waals surface area contributed by atoms with Crippen LogP contribution in [0.25, 0.3) is 0 Å². The standard InChI is InChI=1S/C14H20N2O6/c17-10-5-6-11(18)15(10)9-3-1-2-4-14(21)22-16-12(19)7-8-13(16)20/h5-6,10-11,17-18H,1-4,7-9H2. The molecule has 0 radical (unpaired) electrons. The largest absolute Gasteiger partial charge is 0.375 e. The summed E-state index contributed by atoms with van der Waals surface area (Å²) in [5.41, 5.74) is 0. The van der Waals surface area contributed by atoms with Gasteiger partial charge in [0.15, 0.2) is 0 Å². The fraction of sp³-hybridized carbons (Fsp3) is 0.643. The molecule has 1 saturated heterocycles. The first-order valence-corrected chi connectivity index (χ1v) is 7.36. The number of hydrogen-bond donors (Lipinski definition) is 2. The second-order valence-corrected chi connectivity index (χ2v) is 5.31. The summed E-state index contributed by atoms with van der Waals surface area (Å²) in [6.07, 6.45) is 3.72. The highest BCUT2D eigenvalue weighted by molar-refractivity contribution is 6.01. The van der Waals surface area contributed by atoms with E-state index < -0.39 is 30.2 Å². The number of rotatable bonds is 7. The predicted octanol–water partition coefficient (Wildman–Crippen LogP) is -0.337. The van der Waals surface area contributed by atoms with Crippen LogP contribution < -0.4 is 0 Å². The van der Waals surface area contributed by atoms with Gasteiger partial charge in [-0.05, 0) is 25.0 Å². The van der Waals surface area contributed by atoms with Crippen LogP contribution in [0.15, 0.2) is 12.2 Å². The Labute approximate surface area is 127 Å². The van der Waals surface area contributed by atoms with Crippen molar-refractivity contribution in [1.82, 2.24) is 9.96 Å². The summed E-state index contributed by atoms with van der Waals surface area (Å²) in [6.45, 7) is 0.507. The fourth-order valence-corrected chi connectivity index (χ4v) is 2.39. The first-order valence-electron chi connectivity index (χ1n) is 7.36. The van der Waals surface area contributed by atoms with Gasteiger partial charge in [0.05, 0.1) is 0 Å². The van der Waals surface area contributed by atoms with Gasteiger partial charge in [-0.1, -0.05) is 6.42 Å². The Bertz CT molecular complexity index is 450. The minimum Gasteiger partial charge on any atom is -0.375 e. The van der Waals surface area contributed by atoms with Gasteiger partial charge in [0.2, 0.25) is 0 Å². The molecule has 2 rings (SSSR count). The number of imide groups is 1. The average molecular weight is 312 g/mol. The van der Waals surface area contributed by atoms with E-state index in [4.69, 9.17) is 4.84 Å². The van der Waals surface area contributed by atoms with Crippen molar-refractivity contribution in [3.8, 4) is 0 Å². The van der Waals surface area contributed by atoms with Gasteiger partial charge >= 0.3 is 5.97 Å². The number of unbranched alkanes of at least 4 members (excludes halogenated alkanes) is 2. The first-order chi connectivity index (χ1) is 10.5. The molecule has 2 aliphatic rings. The van der Waals surface area contributed by atoms with Gasteiger partial charge in [-0.2, -0.15) is 0 Å². The first kappa shape index (κ1) is 16.6. The number of nitrogens with zero attached hydrogens (tertiary/aromatic N) is 2. The molecule has 2 unspecified atom stereocenters. The molecule has 0 aliphatic carbocycles. The highest BCUT2D eigenvalue weighted by Crippen LogP contribution is 2.15. The molecular weight excluding hydrogens is 292 g/mol. The van der Waals surface area contributed by atoms with E-state index in [-0.39, 0.29) is 19.3 Å². The molecule has 2 N–H and O–H groups in total. The molecule has 0 spiro atoms. The van der Waals surface area contributed by atoms with Crippen molar-refractivity contribution < 1.29 is 29.4 Å². The van der Waals surface area contributed by atoms with Crippen molar-refractivity contribution >= 4 is 17.8 Å². The third-order valence-electron chi connectivity index (χ3n) is 3.63. The molecular formula is C14H20N2O6. The van der Waals surface area contributed by atoms with Crippen LogP contribution >= 0.6 is 0 Å². The van der Waals surface area contributed by atoms with E-state index in [9.17, 15) is 24.6 Å². The number of aliphatic hydroxyl groups is 2. The zero-order valence-electron chi connectivity index (χ0n) is 12.2. The Morgan fingerprint density at radius 1 is 1.09 bits per heavy atom. The third kappa shape index (κ3) is 4.12. The van der Waals surface area contributed by atoms with E-state index in [1.165, 1.54) is 17.1 Å². The van der Waals surface area contributed by atoms with Crippen molar-refractivity contribution in [3.05, 3.63) is 12.2 Å². The lowest BCUT2D eigenvalue weighted by atomic mass is 10.2. The molecule has 122 valence electrons. The Morgan fingerprint density at radius 3 is 2.27 bits per heavy atom. The molecule has 22 heavy (non-hydrogen) atoms. The maximum atomic E-state index is 11.5. The van der Waals surface area contributed by atoms with Crippen LogP contribution in [0.2, 0.25) is 0 Å². The van der Waals surface area contributed by atoms with Crippen LogP contribution in [-0.2, 0) is 19.2 Å². The van der Waals surface area contributed by atoms with Crippen molar-refractivity contribution in [2.75, 3.05) is 6.54 Å². The molecule has 2 amide bonds. The molecule has 2 aliphatic heterocycles. The predicted molar refractivity (Wildman–Crippen MR) is 73.5 cm³/mol. The summed E-state index contributed by atoms with van der Waals surface area (Å²) in [5, 5.41) is 19.6. The van der Waals surface area contributed by atoms with Crippen LogP contribution in [-0.4, -0.2) is 57.0 Å². The van der Waals surface area contributed by atoms with Crippen molar-refractivity contribution in [2.45, 2.75) is 51.0 Å². The smallest absolute Gasteiger partial charge is 0.333 e. The summed E-state index contributed by atoms with van der Waals surface area (Å²) < 4.78 is 0. The Morgan fingerprint density at radius 2 is 1.68 bits per heavy atom. The quantitative estimate of drug-likeness (QED) is 0.376. The molecule has 0 aromatic heterocycles. The molecule has 0 saturated carbocycles. The lowest BCUT2D eigenvalue weighted by Crippen LogP contribution is -2.37. The molecule has 2 heterocycles. The number of carbonyl (C=O) groups is 3. The lowest BCUT2D eigenvalue weighted by molar-refractivity contribution is -0.197. The van der Waals surface area contributed by atoms with E-state index in [0.717, 1.165) is 0 Å². The van der Waals surface area contributed by atoms with Gasteiger partial charge in [-0.15, -0.1) is 5.06 Å². The van der Waals surface area contributed by atoms with E-state index in [1.807, 2.05) is 0 Å². The number of amides is 2. The van der Waals surface area contributed by atoms with Gasteiger partial charge in [0.25, 0.3) is 11.8 Å². The Balaban J connectivity index is 1.58. The Hall–Kier alpha value is -1.77. The minimum absolute atomic E-state index is 0.0840. The summed E-state index contributed by atoms with van der Waals surface area (Å²) in [6, 6.07) is 0. The summed E-state index contributed by atoms with van der Waals surface area (Å²) in [5.74, 6) is -1.57. The normalized spacial score (nSPS) is 25.3. The van der Waals surface area contributed by atoms with Crippen LogP contribution in [0, 0.1) is 0 Å². The monoisotopic (exact) mass is 312 g/mol. The minimum atomic E-state index is -0.771. The highest BCUT2D eigenvalue weighted by atomic mass is 16.7. The number of hydrogen-bond acceptors (Lipinski definition) is 7. The SMILES string of the molecule is O=C(CCCCCN1C(O)C=CC1O)ON1C(=O)CCC1=O. The molecule has 2 atom stereocenters. The zero-order valence-corrected chi connectivity index (χ0v) is 12.2. The van der Waals surface area contributed by atoms with Crippen LogP contribution in [0.5, 0.6) is 0 Å². The lowest BCUT2D eigenvalue weighted by Gasteiger charge is -2.23. The van der Waals surface area contributed by atoms with Gasteiger partial charge in [-0.25, -0.2) is 9.69 Å². The number of hydroxylamine groups is 2. The van der Waals surface area contributed by atoms with Crippen LogP contribution in [0.1, 0.15) is 38.5 Å². The maximum Gasteiger partial charge on any atom is 0.333 e. The second-order valence-electron chi connectivity index (χ2n) is 5.31. The number of aliphatic hydroxyl groups excluding tert-OH is 2. The van der Waals surface area contributed by atoms with E-state index >= 15 is 0 Å². The second kappa shape index (κ2) is 7.48. The van der Waals surface area contributed by atoms with E-state index in [1.54, 1.807) is 0 Å². The summed E-state index contributed by atoms with van der Waals surface area (Å²) >= 11 is 0. The molecule has 1 fully saturated rings. The van der Waals surface area contributed by atoms with Crippen molar-refractivity contribution in [2.24, 2.45) is 0 Å². The van der Waals surface area contributed by atoms with Crippen LogP contribution in [0.3, 0.4) is 0 Å². The van der Waals surface area contributed by atoms with Gasteiger partial charge in [0, 0.05) is 25.8 Å². The topological polar surface area (TPSA) is 107 Å². The molecule has 0 bridgehead atoms. The van der Waals surface area contributed by atoms with Crippen molar-refractivity contribution in [1.29, 1.82) is 0 Å². The van der Waals surface area contributed by atoms with Gasteiger partial charge in [0.1, 0.15) is 12.5 Å². The molecule has 0 aromatic rings. The third-order valence-corrected chi connectivity index (χ3v) is 3.63. The van der Waals surface area contributed by atoms with Crippen molar-refractivity contribution in [3.63, 3.8) is 0 Å². The summed E-state index contributed by atoms with van der Waals surface area (Å²) in [4.78, 5) is 40.4. The molecule has 8 heteroatoms. The molecule has 0 aromatic carbocycles. The summed E-state index contributed by atoms with van der Waals surface area (Å²) in [7, 11) is 0. The molecule has 8 nitrogen and oxygen atoms in total. The average Bonchev–Trinajstić information content (AvgIpc) is 2.96. The van der Waals surface area contributed by atoms with E-state index in [0.29, 0.717) is 30.9 Å².